The number of hydrogen-bond donors (Lipinski definition) is 1. The summed E-state index contributed by atoms with van der Waals surface area (Å²) in [7, 11) is 0. The number of anilines is 1. The van der Waals surface area contributed by atoms with Crippen LogP contribution in [0.5, 0.6) is 0 Å². The van der Waals surface area contributed by atoms with E-state index < -0.39 is 0 Å². The van der Waals surface area contributed by atoms with Crippen LogP contribution in [0.25, 0.3) is 0 Å². The fourth-order valence-electron chi connectivity index (χ4n) is 2.01. The van der Waals surface area contributed by atoms with Crippen molar-refractivity contribution < 1.29 is 0 Å². The molecule has 0 saturated carbocycles. The SMILES string of the molecule is CC(C)c1ccc(NCc2cnn(C(C)(C)C)c2)cc1. The lowest BCUT2D eigenvalue weighted by atomic mass is 10.0. The van der Waals surface area contributed by atoms with Crippen LogP contribution in [0.3, 0.4) is 0 Å². The van der Waals surface area contributed by atoms with Crippen LogP contribution in [-0.4, -0.2) is 9.78 Å². The molecule has 20 heavy (non-hydrogen) atoms. The predicted molar refractivity (Wildman–Crippen MR) is 85.1 cm³/mol. The molecule has 2 aromatic rings. The first-order valence-electron chi connectivity index (χ1n) is 7.24. The Morgan fingerprint density at radius 3 is 2.30 bits per heavy atom. The maximum Gasteiger partial charge on any atom is 0.0543 e. The van der Waals surface area contributed by atoms with Gasteiger partial charge in [0.05, 0.1) is 11.7 Å². The maximum atomic E-state index is 4.41. The quantitative estimate of drug-likeness (QED) is 0.894. The lowest BCUT2D eigenvalue weighted by Crippen LogP contribution is -2.21. The van der Waals surface area contributed by atoms with E-state index in [4.69, 9.17) is 0 Å². The molecule has 0 aliphatic rings. The molecule has 0 fully saturated rings. The number of hydrogen-bond acceptors (Lipinski definition) is 2. The van der Waals surface area contributed by atoms with Gasteiger partial charge in [0.1, 0.15) is 0 Å². The first-order valence-corrected chi connectivity index (χ1v) is 7.24. The fourth-order valence-corrected chi connectivity index (χ4v) is 2.01. The molecular weight excluding hydrogens is 246 g/mol. The minimum atomic E-state index is 0.0389. The first kappa shape index (κ1) is 14.6. The molecule has 0 radical (unpaired) electrons. The van der Waals surface area contributed by atoms with Gasteiger partial charge in [-0.05, 0) is 44.4 Å². The summed E-state index contributed by atoms with van der Waals surface area (Å²) in [6.45, 7) is 11.7. The highest BCUT2D eigenvalue weighted by atomic mass is 15.3. The maximum absolute atomic E-state index is 4.41. The predicted octanol–water partition coefficient (Wildman–Crippen LogP) is 4.37. The van der Waals surface area contributed by atoms with Crippen LogP contribution in [0, 0.1) is 0 Å². The van der Waals surface area contributed by atoms with Gasteiger partial charge in [-0.15, -0.1) is 0 Å². The third-order valence-corrected chi connectivity index (χ3v) is 3.40. The Labute approximate surface area is 122 Å². The molecule has 3 heteroatoms. The van der Waals surface area contributed by atoms with E-state index in [0.717, 1.165) is 12.2 Å². The molecule has 0 amide bonds. The molecule has 3 nitrogen and oxygen atoms in total. The monoisotopic (exact) mass is 271 g/mol. The molecule has 0 saturated heterocycles. The average Bonchev–Trinajstić information content (AvgIpc) is 2.85. The second kappa shape index (κ2) is 5.70. The van der Waals surface area contributed by atoms with E-state index >= 15 is 0 Å². The van der Waals surface area contributed by atoms with Gasteiger partial charge in [0.15, 0.2) is 0 Å². The van der Waals surface area contributed by atoms with E-state index in [2.05, 4.69) is 75.5 Å². The zero-order valence-electron chi connectivity index (χ0n) is 13.1. The Kier molecular flexibility index (Phi) is 4.17. The van der Waals surface area contributed by atoms with E-state index in [0.29, 0.717) is 5.92 Å². The smallest absolute Gasteiger partial charge is 0.0543 e. The Morgan fingerprint density at radius 2 is 1.80 bits per heavy atom. The number of benzene rings is 1. The third kappa shape index (κ3) is 3.62. The van der Waals surface area contributed by atoms with Crippen molar-refractivity contribution in [3.63, 3.8) is 0 Å². The number of rotatable bonds is 4. The van der Waals surface area contributed by atoms with Crippen LogP contribution in [0.1, 0.15) is 51.7 Å². The van der Waals surface area contributed by atoms with Gasteiger partial charge in [-0.3, -0.25) is 4.68 Å². The first-order chi connectivity index (χ1) is 9.36. The van der Waals surface area contributed by atoms with Crippen molar-refractivity contribution in [2.24, 2.45) is 0 Å². The van der Waals surface area contributed by atoms with E-state index in [1.165, 1.54) is 11.1 Å². The summed E-state index contributed by atoms with van der Waals surface area (Å²) >= 11 is 0. The molecule has 0 aliphatic heterocycles. The minimum absolute atomic E-state index is 0.0389. The molecule has 0 unspecified atom stereocenters. The van der Waals surface area contributed by atoms with Gasteiger partial charge in [-0.2, -0.15) is 5.10 Å². The Bertz CT molecular complexity index is 544. The van der Waals surface area contributed by atoms with Crippen molar-refractivity contribution in [2.45, 2.75) is 52.6 Å². The molecule has 0 spiro atoms. The summed E-state index contributed by atoms with van der Waals surface area (Å²) in [5, 5.41) is 7.85. The lowest BCUT2D eigenvalue weighted by Gasteiger charge is -2.18. The van der Waals surface area contributed by atoms with Gasteiger partial charge in [0.25, 0.3) is 0 Å². The normalized spacial score (nSPS) is 11.9. The van der Waals surface area contributed by atoms with Crippen LogP contribution < -0.4 is 5.32 Å². The molecule has 1 heterocycles. The molecular formula is C17H25N3. The molecule has 1 aromatic heterocycles. The summed E-state index contributed by atoms with van der Waals surface area (Å²) in [6.07, 6.45) is 4.04. The Morgan fingerprint density at radius 1 is 1.15 bits per heavy atom. The summed E-state index contributed by atoms with van der Waals surface area (Å²) in [5.41, 5.74) is 3.76. The van der Waals surface area contributed by atoms with Crippen molar-refractivity contribution in [3.05, 3.63) is 47.8 Å². The van der Waals surface area contributed by atoms with Gasteiger partial charge < -0.3 is 5.32 Å². The summed E-state index contributed by atoms with van der Waals surface area (Å²) in [6, 6.07) is 8.66. The third-order valence-electron chi connectivity index (χ3n) is 3.40. The van der Waals surface area contributed by atoms with Crippen molar-refractivity contribution >= 4 is 5.69 Å². The van der Waals surface area contributed by atoms with Gasteiger partial charge in [-0.25, -0.2) is 0 Å². The highest BCUT2D eigenvalue weighted by Gasteiger charge is 2.13. The van der Waals surface area contributed by atoms with Gasteiger partial charge in [0.2, 0.25) is 0 Å². The molecule has 1 aromatic carbocycles. The molecule has 1 N–H and O–H groups in total. The molecule has 0 atom stereocenters. The van der Waals surface area contributed by atoms with Crippen molar-refractivity contribution in [2.75, 3.05) is 5.32 Å². The topological polar surface area (TPSA) is 29.9 Å². The highest BCUT2D eigenvalue weighted by molar-refractivity contribution is 5.45. The summed E-state index contributed by atoms with van der Waals surface area (Å²) in [5.74, 6) is 0.578. The second-order valence-electron chi connectivity index (χ2n) is 6.59. The molecule has 0 aliphatic carbocycles. The minimum Gasteiger partial charge on any atom is -0.381 e. The standard InChI is InChI=1S/C17H25N3/c1-13(2)15-6-8-16(9-7-15)18-10-14-11-19-20(12-14)17(3,4)5/h6-9,11-13,18H,10H2,1-5H3. The molecule has 0 bridgehead atoms. The molecule has 108 valence electrons. The van der Waals surface area contributed by atoms with Crippen molar-refractivity contribution in [1.29, 1.82) is 0 Å². The second-order valence-corrected chi connectivity index (χ2v) is 6.59. The Balaban J connectivity index is 1.96. The largest absolute Gasteiger partial charge is 0.381 e. The summed E-state index contributed by atoms with van der Waals surface area (Å²) < 4.78 is 2.01. The lowest BCUT2D eigenvalue weighted by molar-refractivity contribution is 0.355. The van der Waals surface area contributed by atoms with Crippen LogP contribution in [0.2, 0.25) is 0 Å². The number of aromatic nitrogens is 2. The zero-order chi connectivity index (χ0) is 14.8. The number of nitrogens with zero attached hydrogens (tertiary/aromatic N) is 2. The average molecular weight is 271 g/mol. The van der Waals surface area contributed by atoms with Crippen LogP contribution in [-0.2, 0) is 12.1 Å². The fraction of sp³-hybridized carbons (Fsp3) is 0.471. The van der Waals surface area contributed by atoms with E-state index in [9.17, 15) is 0 Å². The van der Waals surface area contributed by atoms with Crippen molar-refractivity contribution in [3.8, 4) is 0 Å². The van der Waals surface area contributed by atoms with E-state index in [1.54, 1.807) is 0 Å². The van der Waals surface area contributed by atoms with Gasteiger partial charge in [0, 0.05) is 24.0 Å². The highest BCUT2D eigenvalue weighted by Crippen LogP contribution is 2.18. The number of nitrogens with one attached hydrogen (secondary N) is 1. The van der Waals surface area contributed by atoms with Crippen LogP contribution in [0.15, 0.2) is 36.7 Å². The summed E-state index contributed by atoms with van der Waals surface area (Å²) in [4.78, 5) is 0. The van der Waals surface area contributed by atoms with E-state index in [1.807, 2.05) is 10.9 Å². The Hall–Kier alpha value is -1.77. The zero-order valence-corrected chi connectivity index (χ0v) is 13.1. The van der Waals surface area contributed by atoms with Gasteiger partial charge in [-0.1, -0.05) is 26.0 Å². The molecule has 2 rings (SSSR count). The van der Waals surface area contributed by atoms with E-state index in [-0.39, 0.29) is 5.54 Å². The van der Waals surface area contributed by atoms with Gasteiger partial charge >= 0.3 is 0 Å². The van der Waals surface area contributed by atoms with Crippen LogP contribution in [0.4, 0.5) is 5.69 Å². The van der Waals surface area contributed by atoms with Crippen molar-refractivity contribution in [1.82, 2.24) is 9.78 Å². The van der Waals surface area contributed by atoms with Crippen LogP contribution >= 0.6 is 0 Å².